The van der Waals surface area contributed by atoms with Crippen molar-refractivity contribution < 1.29 is 5.11 Å². The summed E-state index contributed by atoms with van der Waals surface area (Å²) in [7, 11) is 0. The van der Waals surface area contributed by atoms with Crippen LogP contribution in [0.25, 0.3) is 16.9 Å². The minimum Gasteiger partial charge on any atom is -0.384 e. The molecule has 0 saturated carbocycles. The van der Waals surface area contributed by atoms with Gasteiger partial charge in [-0.2, -0.15) is 4.98 Å². The van der Waals surface area contributed by atoms with E-state index in [-0.39, 0.29) is 12.1 Å². The molecule has 39 heavy (non-hydrogen) atoms. The van der Waals surface area contributed by atoms with E-state index < -0.39 is 5.60 Å². The van der Waals surface area contributed by atoms with Gasteiger partial charge in [0.1, 0.15) is 11.0 Å². The first-order valence-corrected chi connectivity index (χ1v) is 13.6. The Labute approximate surface area is 227 Å². The van der Waals surface area contributed by atoms with Crippen molar-refractivity contribution in [3.8, 4) is 5.82 Å². The molecule has 1 aliphatic heterocycles. The first-order chi connectivity index (χ1) is 18.9. The highest BCUT2D eigenvalue weighted by atomic mass is 16.3. The van der Waals surface area contributed by atoms with Gasteiger partial charge in [0.25, 0.3) is 5.56 Å². The predicted octanol–water partition coefficient (Wildman–Crippen LogP) is 3.17. The molecule has 1 atom stereocenters. The van der Waals surface area contributed by atoms with Crippen LogP contribution in [0.3, 0.4) is 0 Å². The molecule has 0 spiro atoms. The molecule has 0 amide bonds. The zero-order chi connectivity index (χ0) is 27.1. The fourth-order valence-electron chi connectivity index (χ4n) is 5.74. The van der Waals surface area contributed by atoms with Gasteiger partial charge < -0.3 is 20.6 Å². The molecule has 0 bridgehead atoms. The highest BCUT2D eigenvalue weighted by molar-refractivity contribution is 5.77. The maximum Gasteiger partial charge on any atom is 0.278 e. The Morgan fingerprint density at radius 3 is 2.77 bits per heavy atom. The first-order valence-electron chi connectivity index (χ1n) is 13.6. The zero-order valence-electron chi connectivity index (χ0n) is 22.4. The molecule has 3 N–H and O–H groups in total. The second kappa shape index (κ2) is 9.94. The molecule has 0 radical (unpaired) electrons. The van der Waals surface area contributed by atoms with Gasteiger partial charge in [0.05, 0.1) is 12.2 Å². The Balaban J connectivity index is 1.40. The van der Waals surface area contributed by atoms with Crippen molar-refractivity contribution in [1.82, 2.24) is 29.6 Å². The van der Waals surface area contributed by atoms with E-state index in [1.54, 1.807) is 21.6 Å². The maximum absolute atomic E-state index is 13.3. The van der Waals surface area contributed by atoms with Crippen LogP contribution in [0, 0.1) is 6.92 Å². The summed E-state index contributed by atoms with van der Waals surface area (Å²) in [5.74, 6) is 0.907. The molecule has 1 fully saturated rings. The van der Waals surface area contributed by atoms with E-state index in [0.717, 1.165) is 43.9 Å². The number of hydrogen-bond acceptors (Lipinski definition) is 8. The van der Waals surface area contributed by atoms with E-state index in [1.807, 2.05) is 25.1 Å². The minimum absolute atomic E-state index is 0.222. The SMILES string of the molecule is C=CCn1c(=O)c2cnc(Nc3ccc(N4CCNCC4)c(C)c3)nc2n1-c1ccc2c(n1)[C@@](O)(CC)CC2. The quantitative estimate of drug-likeness (QED) is 0.315. The molecule has 1 aromatic carbocycles. The second-order valence-electron chi connectivity index (χ2n) is 10.3. The summed E-state index contributed by atoms with van der Waals surface area (Å²) in [6.45, 7) is 12.1. The average Bonchev–Trinajstić information content (AvgIpc) is 3.43. The lowest BCUT2D eigenvalue weighted by molar-refractivity contribution is 0.0306. The normalized spacial score (nSPS) is 18.9. The summed E-state index contributed by atoms with van der Waals surface area (Å²) >= 11 is 0. The van der Waals surface area contributed by atoms with Gasteiger partial charge in [0.15, 0.2) is 11.5 Å². The van der Waals surface area contributed by atoms with Crippen LogP contribution >= 0.6 is 0 Å². The molecule has 10 nitrogen and oxygen atoms in total. The smallest absolute Gasteiger partial charge is 0.278 e. The summed E-state index contributed by atoms with van der Waals surface area (Å²) in [4.78, 5) is 29.8. The Morgan fingerprint density at radius 1 is 1.21 bits per heavy atom. The Kier molecular flexibility index (Phi) is 6.44. The van der Waals surface area contributed by atoms with Crippen molar-refractivity contribution in [3.63, 3.8) is 0 Å². The number of aryl methyl sites for hydroxylation is 2. The summed E-state index contributed by atoms with van der Waals surface area (Å²) in [6.07, 6.45) is 5.22. The molecule has 4 heterocycles. The van der Waals surface area contributed by atoms with E-state index in [4.69, 9.17) is 9.97 Å². The van der Waals surface area contributed by atoms with E-state index in [0.29, 0.717) is 41.3 Å². The molecule has 10 heteroatoms. The molecular formula is C29H34N8O2. The predicted molar refractivity (Wildman–Crippen MR) is 153 cm³/mol. The third kappa shape index (κ3) is 4.39. The van der Waals surface area contributed by atoms with Crippen LogP contribution in [0.4, 0.5) is 17.3 Å². The van der Waals surface area contributed by atoms with Gasteiger partial charge >= 0.3 is 0 Å². The standard InChI is InChI=1S/C29H34N8O2/c1-4-14-36-27(38)22-18-31-28(32-21-7-8-23(19(3)17-21)35-15-12-30-13-16-35)34-26(22)37(36)24-9-6-20-10-11-29(39,5-2)25(20)33-24/h4,6-9,17-18,30,39H,1,5,10-16H2,2-3H3,(H,31,32,34)/t29-/m1/s1. The van der Waals surface area contributed by atoms with Gasteiger partial charge in [-0.1, -0.05) is 19.1 Å². The largest absolute Gasteiger partial charge is 0.384 e. The van der Waals surface area contributed by atoms with Crippen LogP contribution in [0.2, 0.25) is 0 Å². The average molecular weight is 527 g/mol. The number of fused-ring (bicyclic) bond motifs is 2. The van der Waals surface area contributed by atoms with E-state index >= 15 is 0 Å². The number of aliphatic hydroxyl groups is 1. The Bertz CT molecular complexity index is 1620. The van der Waals surface area contributed by atoms with Crippen molar-refractivity contribution in [2.75, 3.05) is 36.4 Å². The summed E-state index contributed by atoms with van der Waals surface area (Å²) in [6, 6.07) is 10.1. The summed E-state index contributed by atoms with van der Waals surface area (Å²) in [5.41, 5.74) is 4.23. The maximum atomic E-state index is 13.3. The number of pyridine rings is 1. The van der Waals surface area contributed by atoms with Crippen molar-refractivity contribution >= 4 is 28.4 Å². The fraction of sp³-hybridized carbons (Fsp3) is 0.379. The molecule has 6 rings (SSSR count). The molecule has 202 valence electrons. The minimum atomic E-state index is -0.964. The van der Waals surface area contributed by atoms with Crippen LogP contribution < -0.4 is 21.1 Å². The van der Waals surface area contributed by atoms with Crippen molar-refractivity contribution in [2.24, 2.45) is 0 Å². The summed E-state index contributed by atoms with van der Waals surface area (Å²) in [5, 5.41) is 18.2. The fourth-order valence-corrected chi connectivity index (χ4v) is 5.74. The molecule has 1 aliphatic carbocycles. The van der Waals surface area contributed by atoms with Crippen LogP contribution in [-0.4, -0.2) is 55.6 Å². The first kappa shape index (κ1) is 25.3. The van der Waals surface area contributed by atoms with Crippen molar-refractivity contribution in [1.29, 1.82) is 0 Å². The summed E-state index contributed by atoms with van der Waals surface area (Å²) < 4.78 is 3.26. The number of allylic oxidation sites excluding steroid dienone is 1. The lowest BCUT2D eigenvalue weighted by atomic mass is 9.98. The van der Waals surface area contributed by atoms with Crippen LogP contribution in [0.5, 0.6) is 0 Å². The van der Waals surface area contributed by atoms with Crippen molar-refractivity contribution in [2.45, 2.75) is 45.3 Å². The lowest BCUT2D eigenvalue weighted by Gasteiger charge is -2.30. The number of nitrogens with zero attached hydrogens (tertiary/aromatic N) is 6. The third-order valence-corrected chi connectivity index (χ3v) is 7.90. The number of anilines is 3. The monoisotopic (exact) mass is 526 g/mol. The molecule has 4 aromatic rings. The van der Waals surface area contributed by atoms with Crippen LogP contribution in [0.15, 0.2) is 54.0 Å². The van der Waals surface area contributed by atoms with Gasteiger partial charge in [-0.3, -0.25) is 4.79 Å². The van der Waals surface area contributed by atoms with Gasteiger partial charge in [-0.25, -0.2) is 19.3 Å². The Hall–Kier alpha value is -4.02. The third-order valence-electron chi connectivity index (χ3n) is 7.90. The van der Waals surface area contributed by atoms with Crippen LogP contribution in [0.1, 0.15) is 36.6 Å². The zero-order valence-corrected chi connectivity index (χ0v) is 22.4. The topological polar surface area (TPSA) is 113 Å². The highest BCUT2D eigenvalue weighted by Crippen LogP contribution is 2.38. The number of aromatic nitrogens is 5. The Morgan fingerprint density at radius 2 is 2.03 bits per heavy atom. The van der Waals surface area contributed by atoms with Crippen molar-refractivity contribution in [3.05, 3.63) is 76.4 Å². The second-order valence-corrected chi connectivity index (χ2v) is 10.3. The number of benzene rings is 1. The van der Waals surface area contributed by atoms with Gasteiger partial charge in [-0.15, -0.1) is 6.58 Å². The van der Waals surface area contributed by atoms with Gasteiger partial charge in [-0.05, 0) is 61.6 Å². The van der Waals surface area contributed by atoms with E-state index in [1.165, 1.54) is 11.3 Å². The molecular weight excluding hydrogens is 492 g/mol. The molecule has 3 aromatic heterocycles. The molecule has 0 unspecified atom stereocenters. The number of nitrogens with one attached hydrogen (secondary N) is 2. The number of rotatable bonds is 7. The molecule has 1 saturated heterocycles. The highest BCUT2D eigenvalue weighted by Gasteiger charge is 2.37. The van der Waals surface area contributed by atoms with Gasteiger partial charge in [0, 0.05) is 43.8 Å². The van der Waals surface area contributed by atoms with E-state index in [2.05, 4.69) is 46.2 Å². The molecule has 2 aliphatic rings. The lowest BCUT2D eigenvalue weighted by Crippen LogP contribution is -2.43. The van der Waals surface area contributed by atoms with Crippen LogP contribution in [-0.2, 0) is 18.6 Å². The van der Waals surface area contributed by atoms with E-state index in [9.17, 15) is 9.90 Å². The number of hydrogen-bond donors (Lipinski definition) is 3. The number of piperazine rings is 1. The van der Waals surface area contributed by atoms with Gasteiger partial charge in [0.2, 0.25) is 5.95 Å².